The zero-order valence-electron chi connectivity index (χ0n) is 53.5. The molecule has 0 aliphatic carbocycles. The minimum atomic E-state index is -0.725. The van der Waals surface area contributed by atoms with Crippen LogP contribution in [-0.2, 0) is 0 Å². The van der Waals surface area contributed by atoms with Gasteiger partial charge in [-0.1, -0.05) is 168 Å². The van der Waals surface area contributed by atoms with Crippen LogP contribution in [0.2, 0.25) is 0 Å². The van der Waals surface area contributed by atoms with Gasteiger partial charge in [0.25, 0.3) is 0 Å². The van der Waals surface area contributed by atoms with E-state index in [9.17, 15) is 5.48 Å². The van der Waals surface area contributed by atoms with Crippen molar-refractivity contribution in [3.05, 3.63) is 262 Å². The normalized spacial score (nSPS) is 13.4. The van der Waals surface area contributed by atoms with Crippen molar-refractivity contribution in [2.45, 2.75) is 55.4 Å². The number of para-hydroxylation sites is 2. The Kier molecular flexibility index (Phi) is 9.51. The van der Waals surface area contributed by atoms with Crippen LogP contribution < -0.4 is 9.80 Å². The summed E-state index contributed by atoms with van der Waals surface area (Å²) in [5, 5.41) is 3.60. The fourth-order valence-corrected chi connectivity index (χ4v) is 11.5. The molecule has 0 aromatic heterocycles. The molecule has 370 valence electrons. The third kappa shape index (κ3) is 8.35. The monoisotopic (exact) mass is 999 g/mol. The first-order valence-corrected chi connectivity index (χ1v) is 25.4. The van der Waals surface area contributed by atoms with Crippen molar-refractivity contribution in [2.75, 3.05) is 9.80 Å². The Hall–Kier alpha value is -8.86. The van der Waals surface area contributed by atoms with E-state index < -0.39 is 72.1 Å². The molecule has 2 nitrogen and oxygen atoms in total. The first-order chi connectivity index (χ1) is 40.9. The first kappa shape index (κ1) is 37.8. The predicted molar refractivity (Wildman–Crippen MR) is 319 cm³/mol. The lowest BCUT2D eigenvalue weighted by atomic mass is 9.89. The van der Waals surface area contributed by atoms with Gasteiger partial charge in [-0.2, -0.15) is 0 Å². The van der Waals surface area contributed by atoms with Gasteiger partial charge in [0.1, 0.15) is 11.6 Å². The standard InChI is InChI=1S/C72H58F2N2/c1-43-19-27-57(47(5)35-43)53-39-63(59-29-21-45(3)37-49(59)7)71(65(73)41-53)75(55-15-11-9-12-16-55)67-33-25-51-24-32-62-68(34-26-52-23-31-61(67)69(51)70(52)62)76(56-17-13-10-14-18-56)72-64(60-30-22-46(4)38-50(60)8)40-54(42-66(72)74)58-28-20-44(2)36-48(58)6/h9-42H,1-8H3/i9D,10D,11D,12D,13D,14D,15D,16D,17D,18D. The van der Waals surface area contributed by atoms with E-state index in [4.69, 9.17) is 8.22 Å². The molecular weight excluding hydrogens is 931 g/mol. The summed E-state index contributed by atoms with van der Waals surface area (Å²) in [5.41, 5.74) is 12.1. The zero-order valence-corrected chi connectivity index (χ0v) is 43.5. The second-order valence-electron chi connectivity index (χ2n) is 20.2. The molecular formula is C72H58F2N2. The average Bonchev–Trinajstić information content (AvgIpc) is 0.773. The highest BCUT2D eigenvalue weighted by Crippen LogP contribution is 2.52. The maximum absolute atomic E-state index is 18.5. The molecule has 0 aliphatic rings. The summed E-state index contributed by atoms with van der Waals surface area (Å²) >= 11 is 0. The van der Waals surface area contributed by atoms with Gasteiger partial charge in [-0.15, -0.1) is 0 Å². The van der Waals surface area contributed by atoms with Crippen molar-refractivity contribution in [1.82, 2.24) is 0 Å². The molecule has 0 N–H and O–H groups in total. The maximum Gasteiger partial charge on any atom is 0.148 e. The van der Waals surface area contributed by atoms with Gasteiger partial charge in [-0.25, -0.2) is 8.78 Å². The Morgan fingerprint density at radius 3 is 1.00 bits per heavy atom. The van der Waals surface area contributed by atoms with Gasteiger partial charge in [-0.3, -0.25) is 0 Å². The van der Waals surface area contributed by atoms with E-state index in [1.54, 1.807) is 12.1 Å². The van der Waals surface area contributed by atoms with E-state index in [2.05, 4.69) is 0 Å². The molecule has 0 saturated carbocycles. The van der Waals surface area contributed by atoms with Crippen LogP contribution in [0.25, 0.3) is 76.8 Å². The summed E-state index contributed by atoms with van der Waals surface area (Å²) in [4.78, 5) is 2.90. The topological polar surface area (TPSA) is 6.48 Å². The number of benzene rings is 12. The number of rotatable bonds is 10. The molecule has 76 heavy (non-hydrogen) atoms. The molecule has 0 atom stereocenters. The lowest BCUT2D eigenvalue weighted by Gasteiger charge is -2.32. The van der Waals surface area contributed by atoms with E-state index in [0.29, 0.717) is 65.7 Å². The molecule has 0 saturated heterocycles. The minimum absolute atomic E-state index is 0.0641. The molecule has 12 rings (SSSR count). The van der Waals surface area contributed by atoms with Crippen molar-refractivity contribution >= 4 is 66.4 Å². The van der Waals surface area contributed by atoms with Gasteiger partial charge in [-0.05, 0) is 193 Å². The molecule has 0 unspecified atom stereocenters. The van der Waals surface area contributed by atoms with Gasteiger partial charge in [0, 0.05) is 33.3 Å². The van der Waals surface area contributed by atoms with Crippen LogP contribution in [0.5, 0.6) is 0 Å². The van der Waals surface area contributed by atoms with Gasteiger partial charge in [0.15, 0.2) is 0 Å². The Labute approximate surface area is 459 Å². The lowest BCUT2D eigenvalue weighted by Crippen LogP contribution is -2.15. The molecule has 0 amide bonds. The summed E-state index contributed by atoms with van der Waals surface area (Å²) in [5.74, 6) is -1.45. The van der Waals surface area contributed by atoms with Crippen LogP contribution in [0, 0.1) is 67.0 Å². The van der Waals surface area contributed by atoms with Crippen LogP contribution in [0.4, 0.5) is 42.9 Å². The largest absolute Gasteiger partial charge is 0.307 e. The number of hydrogen-bond donors (Lipinski definition) is 0. The molecule has 12 aromatic carbocycles. The van der Waals surface area contributed by atoms with Crippen LogP contribution >= 0.6 is 0 Å². The number of hydrogen-bond acceptors (Lipinski definition) is 2. The van der Waals surface area contributed by atoms with E-state index in [1.807, 2.05) is 177 Å². The Bertz CT molecular complexity index is 4500. The SMILES string of the molecule is [2H]c1c([2H])c([2H])c(N(c2c(F)cc(-c3ccc(C)cc3C)cc2-c2ccc(C)cc2C)c2ccc3ccc4c(N(c5c(F)cc(-c6ccc(C)cc6C)cc5-c5ccc(C)cc5C)c5c([2H])c([2H])c([2H])c([2H])c5[2H])ccc5ccc2c3c54)c([2H])c1[2H]. The summed E-state index contributed by atoms with van der Waals surface area (Å²) in [6.07, 6.45) is 0. The van der Waals surface area contributed by atoms with Gasteiger partial charge < -0.3 is 9.80 Å². The fourth-order valence-electron chi connectivity index (χ4n) is 11.5. The number of aryl methyl sites for hydroxylation is 8. The molecule has 0 heterocycles. The van der Waals surface area contributed by atoms with Crippen LogP contribution in [0.3, 0.4) is 0 Å². The first-order valence-electron chi connectivity index (χ1n) is 30.4. The van der Waals surface area contributed by atoms with E-state index in [-0.39, 0.29) is 34.1 Å². The Balaban J connectivity index is 1.20. The molecule has 12 aromatic rings. The lowest BCUT2D eigenvalue weighted by molar-refractivity contribution is 0.629. The summed E-state index contributed by atoms with van der Waals surface area (Å²) in [6, 6.07) is 38.9. The third-order valence-electron chi connectivity index (χ3n) is 14.8. The van der Waals surface area contributed by atoms with E-state index >= 15 is 8.78 Å². The van der Waals surface area contributed by atoms with Crippen molar-refractivity contribution in [3.63, 3.8) is 0 Å². The highest BCUT2D eigenvalue weighted by atomic mass is 19.1. The highest BCUT2D eigenvalue weighted by molar-refractivity contribution is 6.28. The minimum Gasteiger partial charge on any atom is -0.307 e. The molecule has 0 radical (unpaired) electrons. The van der Waals surface area contributed by atoms with E-state index in [1.165, 1.54) is 21.9 Å². The second-order valence-corrected chi connectivity index (χ2v) is 20.2. The highest BCUT2D eigenvalue weighted by Gasteiger charge is 2.29. The summed E-state index contributed by atoms with van der Waals surface area (Å²) in [6.45, 7) is 15.7. The molecule has 0 spiro atoms. The quantitative estimate of drug-likeness (QED) is 0.126. The van der Waals surface area contributed by atoms with Crippen molar-refractivity contribution < 1.29 is 22.5 Å². The van der Waals surface area contributed by atoms with Crippen LogP contribution in [-0.4, -0.2) is 0 Å². The number of nitrogens with zero attached hydrogens (tertiary/aromatic N) is 2. The fraction of sp³-hybridized carbons (Fsp3) is 0.111. The van der Waals surface area contributed by atoms with Gasteiger partial charge in [0.05, 0.1) is 36.5 Å². The summed E-state index contributed by atoms with van der Waals surface area (Å²) in [7, 11) is 0. The van der Waals surface area contributed by atoms with Crippen LogP contribution in [0.15, 0.2) is 206 Å². The third-order valence-corrected chi connectivity index (χ3v) is 14.8. The van der Waals surface area contributed by atoms with Crippen molar-refractivity contribution in [3.8, 4) is 44.5 Å². The van der Waals surface area contributed by atoms with E-state index in [0.717, 1.165) is 55.6 Å². The second kappa shape index (κ2) is 19.1. The average molecular weight is 999 g/mol. The molecule has 0 bridgehead atoms. The predicted octanol–water partition coefficient (Wildman–Crippen LogP) is 20.9. The van der Waals surface area contributed by atoms with Crippen LogP contribution in [0.1, 0.15) is 58.2 Å². The molecule has 4 heteroatoms. The van der Waals surface area contributed by atoms with Crippen molar-refractivity contribution in [2.24, 2.45) is 0 Å². The van der Waals surface area contributed by atoms with Crippen molar-refractivity contribution in [1.29, 1.82) is 0 Å². The van der Waals surface area contributed by atoms with Gasteiger partial charge in [0.2, 0.25) is 0 Å². The smallest absolute Gasteiger partial charge is 0.148 e. The number of anilines is 6. The number of halogens is 2. The molecule has 0 aliphatic heterocycles. The maximum atomic E-state index is 18.5. The Morgan fingerprint density at radius 2 is 0.658 bits per heavy atom. The molecule has 0 fully saturated rings. The Morgan fingerprint density at radius 1 is 0.329 bits per heavy atom. The zero-order chi connectivity index (χ0) is 61.2. The van der Waals surface area contributed by atoms with Gasteiger partial charge >= 0.3 is 0 Å². The summed E-state index contributed by atoms with van der Waals surface area (Å²) < 4.78 is 129.